The van der Waals surface area contributed by atoms with E-state index >= 15 is 0 Å². The number of aliphatic carboxylic acids is 2. The largest absolute Gasteiger partial charge is 0.545 e. The van der Waals surface area contributed by atoms with Crippen LogP contribution < -0.4 is 10.0 Å². The van der Waals surface area contributed by atoms with Gasteiger partial charge in [0.1, 0.15) is 5.54 Å². The van der Waals surface area contributed by atoms with Crippen molar-refractivity contribution in [2.24, 2.45) is 0 Å². The number of hydrogen-bond donors (Lipinski definition) is 3. The number of carbonyl (C=O) groups is 2. The smallest absolute Gasteiger partial charge is 0.328 e. The molecule has 0 amide bonds. The van der Waals surface area contributed by atoms with Gasteiger partial charge < -0.3 is 25.0 Å². The summed E-state index contributed by atoms with van der Waals surface area (Å²) >= 11 is 0. The first-order chi connectivity index (χ1) is 7.13. The first kappa shape index (κ1) is 17.0. The van der Waals surface area contributed by atoms with Crippen LogP contribution in [0.1, 0.15) is 13.8 Å². The molecule has 6 heteroatoms. The predicted octanol–water partition coefficient (Wildman–Crippen LogP) is -2.72. The van der Waals surface area contributed by atoms with Crippen LogP contribution in [0, 0.1) is 0 Å². The van der Waals surface area contributed by atoms with E-state index in [1.54, 1.807) is 0 Å². The van der Waals surface area contributed by atoms with Gasteiger partial charge in [-0.3, -0.25) is 0 Å². The summed E-state index contributed by atoms with van der Waals surface area (Å²) in [6, 6.07) is 0. The molecule has 16 heavy (non-hydrogen) atoms. The van der Waals surface area contributed by atoms with E-state index in [0.717, 1.165) is 0 Å². The standard InChI is InChI=1S/C6H15NO.C4H4O4/c1-6(2,5-8)7(3)4;5-3(6)1-2-4(7)8/h8H,5H2,1-4H3;1-2H,(H,5,6)(H,7,8)/b;2-1-. The van der Waals surface area contributed by atoms with Gasteiger partial charge in [0.15, 0.2) is 0 Å². The number of quaternary nitrogens is 1. The number of carboxylic acid groups (broad SMARTS) is 2. The van der Waals surface area contributed by atoms with Crippen LogP contribution in [-0.4, -0.2) is 48.4 Å². The molecule has 0 spiro atoms. The van der Waals surface area contributed by atoms with E-state index in [0.29, 0.717) is 12.2 Å². The zero-order valence-electron chi connectivity index (χ0n) is 9.98. The fourth-order valence-corrected chi connectivity index (χ4v) is 0.297. The molecule has 6 nitrogen and oxygen atoms in total. The van der Waals surface area contributed by atoms with Crippen molar-refractivity contribution in [2.75, 3.05) is 20.7 Å². The third-order valence-corrected chi connectivity index (χ3v) is 2.11. The van der Waals surface area contributed by atoms with E-state index in [2.05, 4.69) is 0 Å². The first-order valence-electron chi connectivity index (χ1n) is 4.67. The summed E-state index contributed by atoms with van der Waals surface area (Å²) < 4.78 is 0. The Morgan fingerprint density at radius 3 is 1.81 bits per heavy atom. The van der Waals surface area contributed by atoms with Crippen LogP contribution in [0.15, 0.2) is 12.2 Å². The van der Waals surface area contributed by atoms with Gasteiger partial charge in [-0.15, -0.1) is 0 Å². The van der Waals surface area contributed by atoms with Crippen molar-refractivity contribution in [3.63, 3.8) is 0 Å². The summed E-state index contributed by atoms with van der Waals surface area (Å²) in [5, 5.41) is 26.0. The molecular formula is C10H19NO5. The molecule has 0 radical (unpaired) electrons. The lowest BCUT2D eigenvalue weighted by molar-refractivity contribution is -0.911. The third kappa shape index (κ3) is 10.7. The normalized spacial score (nSPS) is 11.1. The molecule has 0 unspecified atom stereocenters. The summed E-state index contributed by atoms with van der Waals surface area (Å²) in [5.74, 6) is -2.80. The van der Waals surface area contributed by atoms with Crippen LogP contribution in [0.2, 0.25) is 0 Å². The number of nitrogens with one attached hydrogen (secondary N) is 1. The quantitative estimate of drug-likeness (QED) is 0.458. The molecule has 0 aliphatic heterocycles. The number of carboxylic acids is 2. The van der Waals surface area contributed by atoms with Gasteiger partial charge in [-0.25, -0.2) is 4.79 Å². The zero-order valence-corrected chi connectivity index (χ0v) is 9.98. The zero-order chi connectivity index (χ0) is 13.4. The Morgan fingerprint density at radius 2 is 1.75 bits per heavy atom. The van der Waals surface area contributed by atoms with Gasteiger partial charge in [-0.2, -0.15) is 0 Å². The van der Waals surface area contributed by atoms with Crippen molar-refractivity contribution in [2.45, 2.75) is 19.4 Å². The van der Waals surface area contributed by atoms with Crippen LogP contribution in [0.5, 0.6) is 0 Å². The first-order valence-corrected chi connectivity index (χ1v) is 4.67. The fourth-order valence-electron chi connectivity index (χ4n) is 0.297. The van der Waals surface area contributed by atoms with Crippen molar-refractivity contribution >= 4 is 11.9 Å². The Hall–Kier alpha value is -1.40. The van der Waals surface area contributed by atoms with E-state index in [1.165, 1.54) is 4.90 Å². The monoisotopic (exact) mass is 233 g/mol. The molecule has 0 atom stereocenters. The van der Waals surface area contributed by atoms with Gasteiger partial charge in [0.2, 0.25) is 0 Å². The molecule has 94 valence electrons. The lowest BCUT2D eigenvalue weighted by Crippen LogP contribution is -3.14. The van der Waals surface area contributed by atoms with Gasteiger partial charge in [0, 0.05) is 6.08 Å². The minimum Gasteiger partial charge on any atom is -0.545 e. The Balaban J connectivity index is 0. The maximum Gasteiger partial charge on any atom is 0.328 e. The van der Waals surface area contributed by atoms with Crippen LogP contribution in [0.3, 0.4) is 0 Å². The van der Waals surface area contributed by atoms with Crippen LogP contribution in [0.25, 0.3) is 0 Å². The Kier molecular flexibility index (Phi) is 8.33. The molecule has 0 aromatic rings. The average Bonchev–Trinajstić information content (AvgIpc) is 2.15. The number of likely N-dealkylation sites (N-methyl/N-ethyl adjacent to an activating group) is 1. The van der Waals surface area contributed by atoms with Gasteiger partial charge in [0.25, 0.3) is 0 Å². The van der Waals surface area contributed by atoms with Crippen LogP contribution in [-0.2, 0) is 9.59 Å². The maximum atomic E-state index is 9.53. The Bertz CT molecular complexity index is 242. The Labute approximate surface area is 94.8 Å². The van der Waals surface area contributed by atoms with Gasteiger partial charge in [-0.1, -0.05) is 0 Å². The number of aliphatic hydroxyl groups is 1. The van der Waals surface area contributed by atoms with Crippen molar-refractivity contribution in [1.29, 1.82) is 0 Å². The molecule has 3 N–H and O–H groups in total. The summed E-state index contributed by atoms with van der Waals surface area (Å²) in [6.45, 7) is 4.31. The second kappa shape index (κ2) is 7.84. The van der Waals surface area contributed by atoms with Gasteiger partial charge >= 0.3 is 5.97 Å². The molecule has 0 aliphatic rings. The average molecular weight is 233 g/mol. The minimum absolute atomic E-state index is 0.0139. The van der Waals surface area contributed by atoms with Crippen molar-refractivity contribution in [3.8, 4) is 0 Å². The van der Waals surface area contributed by atoms with E-state index in [4.69, 9.17) is 10.2 Å². The predicted molar refractivity (Wildman–Crippen MR) is 55.8 cm³/mol. The summed E-state index contributed by atoms with van der Waals surface area (Å²) in [4.78, 5) is 20.2. The highest BCUT2D eigenvalue weighted by molar-refractivity contribution is 5.88. The van der Waals surface area contributed by atoms with Crippen molar-refractivity contribution in [1.82, 2.24) is 0 Å². The third-order valence-electron chi connectivity index (χ3n) is 2.11. The highest BCUT2D eigenvalue weighted by Crippen LogP contribution is 1.90. The molecule has 0 bridgehead atoms. The summed E-state index contributed by atoms with van der Waals surface area (Å²) in [5.41, 5.74) is 0.0139. The lowest BCUT2D eigenvalue weighted by Gasteiger charge is -2.26. The topological polar surface area (TPSA) is 102 Å². The van der Waals surface area contributed by atoms with Crippen molar-refractivity contribution < 1.29 is 29.8 Å². The molecule has 0 rings (SSSR count). The van der Waals surface area contributed by atoms with Crippen LogP contribution in [0.4, 0.5) is 0 Å². The number of aliphatic hydroxyl groups excluding tert-OH is 1. The second-order valence-corrected chi connectivity index (χ2v) is 4.03. The van der Waals surface area contributed by atoms with Crippen molar-refractivity contribution in [3.05, 3.63) is 12.2 Å². The Morgan fingerprint density at radius 1 is 1.31 bits per heavy atom. The lowest BCUT2D eigenvalue weighted by atomic mass is 10.1. The SMILES string of the molecule is C[NH+](C)C(C)(C)CO.O=C([O-])/C=C\C(=O)O. The van der Waals surface area contributed by atoms with E-state index < -0.39 is 11.9 Å². The number of hydrogen-bond acceptors (Lipinski definition) is 4. The molecule has 0 saturated carbocycles. The molecule has 0 aromatic carbocycles. The molecule has 0 aromatic heterocycles. The molecule has 0 fully saturated rings. The molecular weight excluding hydrogens is 214 g/mol. The minimum atomic E-state index is -1.51. The van der Waals surface area contributed by atoms with E-state index in [9.17, 15) is 14.7 Å². The van der Waals surface area contributed by atoms with Gasteiger partial charge in [-0.05, 0) is 19.9 Å². The number of rotatable bonds is 4. The molecule has 0 saturated heterocycles. The maximum absolute atomic E-state index is 9.53. The highest BCUT2D eigenvalue weighted by Gasteiger charge is 2.22. The molecule has 0 heterocycles. The highest BCUT2D eigenvalue weighted by atomic mass is 16.4. The van der Waals surface area contributed by atoms with E-state index in [-0.39, 0.29) is 12.1 Å². The van der Waals surface area contributed by atoms with E-state index in [1.807, 2.05) is 27.9 Å². The molecule has 0 aliphatic carbocycles. The fraction of sp³-hybridized carbons (Fsp3) is 0.600. The second-order valence-electron chi connectivity index (χ2n) is 4.03. The summed E-state index contributed by atoms with van der Waals surface area (Å²) in [6.07, 6.45) is 0.942. The van der Waals surface area contributed by atoms with Crippen LogP contribution >= 0.6 is 0 Å². The van der Waals surface area contributed by atoms with Gasteiger partial charge in [0.05, 0.1) is 26.7 Å². The summed E-state index contributed by atoms with van der Waals surface area (Å²) in [7, 11) is 4.08. The number of carbonyl (C=O) groups excluding carboxylic acids is 1.